The molecule has 0 aliphatic carbocycles. The van der Waals surface area contributed by atoms with Gasteiger partial charge in [-0.1, -0.05) is 17.7 Å². The number of anilines is 1. The number of benzene rings is 1. The lowest BCUT2D eigenvalue weighted by molar-refractivity contribution is 0.211. The Hall–Kier alpha value is -1.39. The molecule has 0 saturated heterocycles. The van der Waals surface area contributed by atoms with Crippen LogP contribution in [0.2, 0.25) is 5.02 Å². The van der Waals surface area contributed by atoms with Gasteiger partial charge in [-0.2, -0.15) is 0 Å². The van der Waals surface area contributed by atoms with Crippen LogP contribution in [0.15, 0.2) is 41.4 Å². The third-order valence-electron chi connectivity index (χ3n) is 2.99. The zero-order valence-electron chi connectivity index (χ0n) is 11.3. The maximum Gasteiger partial charge on any atom is 0.238 e. The number of rotatable bonds is 2. The first kappa shape index (κ1) is 13.6. The van der Waals surface area contributed by atoms with E-state index in [4.69, 9.17) is 16.3 Å². The molecule has 0 bridgehead atoms. The monoisotopic (exact) mass is 306 g/mol. The normalized spacial score (nSPS) is 17.6. The molecular weight excluding hydrogens is 292 g/mol. The number of hydrogen-bond acceptors (Lipinski definition) is 4. The number of fused-ring (bicyclic) bond motifs is 1. The third-order valence-corrected chi connectivity index (χ3v) is 4.25. The minimum Gasteiger partial charge on any atom is -0.471 e. The summed E-state index contributed by atoms with van der Waals surface area (Å²) < 4.78 is 8.00. The van der Waals surface area contributed by atoms with E-state index >= 15 is 0 Å². The van der Waals surface area contributed by atoms with Gasteiger partial charge in [0.2, 0.25) is 5.88 Å². The van der Waals surface area contributed by atoms with Gasteiger partial charge in [0.25, 0.3) is 0 Å². The number of pyridine rings is 1. The Morgan fingerprint density at radius 3 is 3.05 bits per heavy atom. The highest BCUT2D eigenvalue weighted by molar-refractivity contribution is 8.00. The van der Waals surface area contributed by atoms with Crippen molar-refractivity contribution in [1.82, 2.24) is 4.98 Å². The number of aryl methyl sites for hydroxylation is 1. The summed E-state index contributed by atoms with van der Waals surface area (Å²) in [6, 6.07) is 9.97. The fourth-order valence-corrected chi connectivity index (χ4v) is 3.45. The molecule has 1 atom stereocenters. The molecule has 3 nitrogen and oxygen atoms in total. The molecule has 0 radical (unpaired) electrons. The van der Waals surface area contributed by atoms with E-state index in [2.05, 4.69) is 28.3 Å². The van der Waals surface area contributed by atoms with E-state index in [1.807, 2.05) is 31.3 Å². The van der Waals surface area contributed by atoms with E-state index in [1.165, 1.54) is 0 Å². The highest BCUT2D eigenvalue weighted by Crippen LogP contribution is 2.39. The van der Waals surface area contributed by atoms with E-state index in [0.29, 0.717) is 5.88 Å². The molecule has 3 rings (SSSR count). The van der Waals surface area contributed by atoms with Gasteiger partial charge in [0.15, 0.2) is 0 Å². The van der Waals surface area contributed by atoms with Crippen LogP contribution in [-0.4, -0.2) is 17.6 Å². The topological polar surface area (TPSA) is 25.4 Å². The van der Waals surface area contributed by atoms with Crippen LogP contribution in [0, 0.1) is 6.92 Å². The van der Waals surface area contributed by atoms with Crippen LogP contribution in [0.3, 0.4) is 0 Å². The fraction of sp³-hybridized carbons (Fsp3) is 0.267. The second-order valence-corrected chi connectivity index (χ2v) is 6.41. The van der Waals surface area contributed by atoms with Gasteiger partial charge >= 0.3 is 0 Å². The summed E-state index contributed by atoms with van der Waals surface area (Å²) in [4.78, 5) is 5.49. The number of hydrogen-bond donors (Lipinski definition) is 0. The van der Waals surface area contributed by atoms with Crippen LogP contribution < -0.4 is 9.04 Å². The van der Waals surface area contributed by atoms with E-state index in [9.17, 15) is 0 Å². The Morgan fingerprint density at radius 1 is 1.40 bits per heavy atom. The predicted octanol–water partition coefficient (Wildman–Crippen LogP) is 4.34. The van der Waals surface area contributed by atoms with Gasteiger partial charge in [-0.3, -0.25) is 0 Å². The summed E-state index contributed by atoms with van der Waals surface area (Å²) in [6.45, 7) is 4.90. The van der Waals surface area contributed by atoms with Crippen molar-refractivity contribution in [3.05, 3.63) is 47.1 Å². The molecule has 104 valence electrons. The largest absolute Gasteiger partial charge is 0.471 e. The van der Waals surface area contributed by atoms with Gasteiger partial charge < -0.3 is 9.04 Å². The minimum absolute atomic E-state index is 0.115. The van der Waals surface area contributed by atoms with Crippen LogP contribution in [0.5, 0.6) is 5.88 Å². The number of aromatic nitrogens is 1. The lowest BCUT2D eigenvalue weighted by Gasteiger charge is -2.33. The highest BCUT2D eigenvalue weighted by Gasteiger charge is 2.25. The first-order chi connectivity index (χ1) is 9.61. The summed E-state index contributed by atoms with van der Waals surface area (Å²) in [6.07, 6.45) is 1.95. The van der Waals surface area contributed by atoms with Gasteiger partial charge in [0, 0.05) is 16.1 Å². The van der Waals surface area contributed by atoms with Gasteiger partial charge in [-0.15, -0.1) is 0 Å². The first-order valence-electron chi connectivity index (χ1n) is 6.46. The van der Waals surface area contributed by atoms with Crippen LogP contribution in [-0.2, 0) is 0 Å². The number of nitrogens with zero attached hydrogens (tertiary/aromatic N) is 2. The summed E-state index contributed by atoms with van der Waals surface area (Å²) in [5.74, 6) is 0.698. The molecule has 0 saturated carbocycles. The SMILES string of the molecule is Cc1cnc2c(c1)N(Sc1cccc(Cl)c1)C[C@H](C)O2. The molecule has 1 aliphatic heterocycles. The van der Waals surface area contributed by atoms with Crippen molar-refractivity contribution < 1.29 is 4.74 Å². The number of halogens is 1. The summed E-state index contributed by atoms with van der Waals surface area (Å²) >= 11 is 7.71. The zero-order valence-corrected chi connectivity index (χ0v) is 12.9. The molecule has 0 spiro atoms. The highest BCUT2D eigenvalue weighted by atomic mass is 35.5. The molecule has 1 aromatic carbocycles. The molecule has 0 fully saturated rings. The van der Waals surface area contributed by atoms with Crippen LogP contribution >= 0.6 is 23.5 Å². The third kappa shape index (κ3) is 2.86. The lowest BCUT2D eigenvalue weighted by atomic mass is 10.2. The van der Waals surface area contributed by atoms with Gasteiger partial charge in [-0.05, 0) is 55.6 Å². The summed E-state index contributed by atoms with van der Waals surface area (Å²) in [5.41, 5.74) is 2.15. The van der Waals surface area contributed by atoms with Crippen molar-refractivity contribution >= 4 is 29.2 Å². The van der Waals surface area contributed by atoms with Crippen LogP contribution in [0.25, 0.3) is 0 Å². The Balaban J connectivity index is 1.92. The molecule has 1 aliphatic rings. The van der Waals surface area contributed by atoms with Gasteiger partial charge in [-0.25, -0.2) is 4.98 Å². The molecule has 0 N–H and O–H groups in total. The maximum absolute atomic E-state index is 6.05. The molecule has 0 unspecified atom stereocenters. The van der Waals surface area contributed by atoms with Gasteiger partial charge in [0.1, 0.15) is 11.8 Å². The van der Waals surface area contributed by atoms with Crippen molar-refractivity contribution in [2.24, 2.45) is 0 Å². The van der Waals surface area contributed by atoms with E-state index in [0.717, 1.165) is 27.7 Å². The minimum atomic E-state index is 0.115. The molecule has 2 heterocycles. The summed E-state index contributed by atoms with van der Waals surface area (Å²) in [5, 5.41) is 0.749. The van der Waals surface area contributed by atoms with Crippen LogP contribution in [0.1, 0.15) is 12.5 Å². The number of ether oxygens (including phenoxy) is 1. The van der Waals surface area contributed by atoms with E-state index in [1.54, 1.807) is 11.9 Å². The van der Waals surface area contributed by atoms with E-state index in [-0.39, 0.29) is 6.10 Å². The second-order valence-electron chi connectivity index (χ2n) is 4.88. The quantitative estimate of drug-likeness (QED) is 0.771. The fourth-order valence-electron chi connectivity index (χ4n) is 2.11. The molecule has 20 heavy (non-hydrogen) atoms. The van der Waals surface area contributed by atoms with Crippen molar-refractivity contribution in [3.63, 3.8) is 0 Å². The Labute approximate surface area is 128 Å². The standard InChI is InChI=1S/C15H15ClN2OS/c1-10-6-14-15(17-8-10)19-11(2)9-18(14)20-13-5-3-4-12(16)7-13/h3-8,11H,9H2,1-2H3/t11-/m0/s1. The maximum atomic E-state index is 6.05. The van der Waals surface area contributed by atoms with Crippen molar-refractivity contribution in [3.8, 4) is 5.88 Å². The smallest absolute Gasteiger partial charge is 0.238 e. The Kier molecular flexibility index (Phi) is 3.76. The zero-order chi connectivity index (χ0) is 14.1. The molecule has 2 aromatic rings. The predicted molar refractivity (Wildman–Crippen MR) is 83.7 cm³/mol. The average Bonchev–Trinajstić information content (AvgIpc) is 2.39. The Morgan fingerprint density at radius 2 is 2.25 bits per heavy atom. The summed E-state index contributed by atoms with van der Waals surface area (Å²) in [7, 11) is 0. The first-order valence-corrected chi connectivity index (χ1v) is 7.61. The molecular formula is C15H15ClN2OS. The van der Waals surface area contributed by atoms with Crippen molar-refractivity contribution in [2.45, 2.75) is 24.8 Å². The lowest BCUT2D eigenvalue weighted by Crippen LogP contribution is -2.34. The average molecular weight is 307 g/mol. The molecule has 0 amide bonds. The van der Waals surface area contributed by atoms with Crippen molar-refractivity contribution in [2.75, 3.05) is 10.8 Å². The molecule has 5 heteroatoms. The van der Waals surface area contributed by atoms with Gasteiger partial charge in [0.05, 0.1) is 6.54 Å². The Bertz CT molecular complexity index is 635. The van der Waals surface area contributed by atoms with Crippen LogP contribution in [0.4, 0.5) is 5.69 Å². The second kappa shape index (κ2) is 5.54. The van der Waals surface area contributed by atoms with E-state index < -0.39 is 0 Å². The van der Waals surface area contributed by atoms with Crippen molar-refractivity contribution in [1.29, 1.82) is 0 Å². The molecule has 1 aromatic heterocycles.